The Balaban J connectivity index is 1.48. The Bertz CT molecular complexity index is 1010. The molecule has 0 saturated carbocycles. The summed E-state index contributed by atoms with van der Waals surface area (Å²) in [6, 6.07) is 13.3. The number of fused-ring (bicyclic) bond motifs is 4. The average Bonchev–Trinajstić information content (AvgIpc) is 2.99. The molecule has 1 aromatic heterocycles. The van der Waals surface area contributed by atoms with E-state index in [0.29, 0.717) is 19.3 Å². The van der Waals surface area contributed by atoms with E-state index in [2.05, 4.69) is 47.5 Å². The Kier molecular flexibility index (Phi) is 3.97. The van der Waals surface area contributed by atoms with Gasteiger partial charge >= 0.3 is 0 Å². The number of hydrogen-bond donors (Lipinski definition) is 2. The van der Waals surface area contributed by atoms with Crippen molar-refractivity contribution < 1.29 is 9.47 Å². The molecule has 2 aromatic carbocycles. The summed E-state index contributed by atoms with van der Waals surface area (Å²) in [7, 11) is 4.25. The first-order valence-electron chi connectivity index (χ1n) is 9.67. The predicted molar refractivity (Wildman–Crippen MR) is 109 cm³/mol. The Morgan fingerprint density at radius 2 is 1.78 bits per heavy atom. The Labute approximate surface area is 159 Å². The minimum absolute atomic E-state index is 0.582. The second-order valence-corrected chi connectivity index (χ2v) is 7.43. The third-order valence-corrected chi connectivity index (χ3v) is 5.86. The molecule has 1 aliphatic heterocycles. The van der Waals surface area contributed by atoms with E-state index in [1.54, 1.807) is 0 Å². The predicted octanol–water partition coefficient (Wildman–Crippen LogP) is 3.77. The van der Waals surface area contributed by atoms with Crippen molar-refractivity contribution in [3.8, 4) is 11.5 Å². The number of benzene rings is 2. The molecule has 0 spiro atoms. The number of aromatic nitrogens is 1. The molecule has 2 heterocycles. The SMILES string of the molecule is CNC1CCc2c(c3ccc(Nc4ccc5c(c4)OCCO5)cc3n2C)C1. The van der Waals surface area contributed by atoms with E-state index in [0.717, 1.165) is 35.7 Å². The molecule has 0 saturated heterocycles. The Hall–Kier alpha value is -2.66. The molecule has 5 heteroatoms. The van der Waals surface area contributed by atoms with Gasteiger partial charge in [0.05, 0.1) is 5.52 Å². The lowest BCUT2D eigenvalue weighted by Gasteiger charge is -2.22. The maximum atomic E-state index is 5.69. The van der Waals surface area contributed by atoms with E-state index in [4.69, 9.17) is 9.47 Å². The largest absolute Gasteiger partial charge is 0.486 e. The highest BCUT2D eigenvalue weighted by Crippen LogP contribution is 2.36. The van der Waals surface area contributed by atoms with E-state index < -0.39 is 0 Å². The zero-order valence-corrected chi connectivity index (χ0v) is 15.8. The van der Waals surface area contributed by atoms with Crippen molar-refractivity contribution in [2.45, 2.75) is 25.3 Å². The normalized spacial score (nSPS) is 18.4. The van der Waals surface area contributed by atoms with Crippen LogP contribution in [-0.4, -0.2) is 30.9 Å². The molecule has 27 heavy (non-hydrogen) atoms. The number of aryl methyl sites for hydroxylation is 1. The third-order valence-electron chi connectivity index (χ3n) is 5.86. The van der Waals surface area contributed by atoms with Gasteiger partial charge in [0, 0.05) is 41.6 Å². The van der Waals surface area contributed by atoms with Gasteiger partial charge in [-0.25, -0.2) is 0 Å². The second-order valence-electron chi connectivity index (χ2n) is 7.43. The van der Waals surface area contributed by atoms with Crippen molar-refractivity contribution in [3.05, 3.63) is 47.7 Å². The monoisotopic (exact) mass is 363 g/mol. The number of likely N-dealkylation sites (N-methyl/N-ethyl adjacent to an activating group) is 1. The van der Waals surface area contributed by atoms with Crippen molar-refractivity contribution in [1.29, 1.82) is 0 Å². The van der Waals surface area contributed by atoms with Crippen LogP contribution in [0.5, 0.6) is 11.5 Å². The molecule has 1 aliphatic carbocycles. The molecule has 0 radical (unpaired) electrons. The van der Waals surface area contributed by atoms with Crippen LogP contribution in [0.1, 0.15) is 17.7 Å². The number of hydrogen-bond acceptors (Lipinski definition) is 4. The number of ether oxygens (including phenoxy) is 2. The van der Waals surface area contributed by atoms with Crippen LogP contribution < -0.4 is 20.1 Å². The summed E-state index contributed by atoms with van der Waals surface area (Å²) in [5.74, 6) is 1.62. The van der Waals surface area contributed by atoms with Crippen LogP contribution in [0.25, 0.3) is 10.9 Å². The molecule has 0 fully saturated rings. The van der Waals surface area contributed by atoms with Gasteiger partial charge < -0.3 is 24.7 Å². The van der Waals surface area contributed by atoms with Gasteiger partial charge in [-0.3, -0.25) is 0 Å². The van der Waals surface area contributed by atoms with Crippen LogP contribution in [0.2, 0.25) is 0 Å². The fourth-order valence-electron chi connectivity index (χ4n) is 4.39. The van der Waals surface area contributed by atoms with Crippen LogP contribution in [0.4, 0.5) is 11.4 Å². The van der Waals surface area contributed by atoms with Crippen LogP contribution in [0.3, 0.4) is 0 Å². The molecule has 0 amide bonds. The molecule has 3 aromatic rings. The van der Waals surface area contributed by atoms with Crippen LogP contribution in [0, 0.1) is 0 Å². The smallest absolute Gasteiger partial charge is 0.163 e. The summed E-state index contributed by atoms with van der Waals surface area (Å²) in [5, 5.41) is 8.33. The van der Waals surface area contributed by atoms with E-state index >= 15 is 0 Å². The average molecular weight is 363 g/mol. The molecule has 5 rings (SSSR count). The van der Waals surface area contributed by atoms with Gasteiger partial charge in [0.15, 0.2) is 11.5 Å². The van der Waals surface area contributed by atoms with Crippen molar-refractivity contribution in [1.82, 2.24) is 9.88 Å². The molecule has 1 atom stereocenters. The van der Waals surface area contributed by atoms with Crippen molar-refractivity contribution >= 4 is 22.3 Å². The standard InChI is InChI=1S/C22H25N3O2/c1-23-14-4-7-19-18(11-14)17-6-3-15(12-20(17)25(19)2)24-16-5-8-21-22(13-16)27-10-9-26-21/h3,5-6,8,12-14,23-24H,4,7,9-11H2,1-2H3. The minimum Gasteiger partial charge on any atom is -0.486 e. The minimum atomic E-state index is 0.582. The van der Waals surface area contributed by atoms with Crippen molar-refractivity contribution in [3.63, 3.8) is 0 Å². The van der Waals surface area contributed by atoms with Crippen LogP contribution in [-0.2, 0) is 19.9 Å². The fraction of sp³-hybridized carbons (Fsp3) is 0.364. The second kappa shape index (κ2) is 6.50. The van der Waals surface area contributed by atoms with Gasteiger partial charge in [0.25, 0.3) is 0 Å². The van der Waals surface area contributed by atoms with Crippen molar-refractivity contribution in [2.75, 3.05) is 25.6 Å². The molecule has 1 unspecified atom stereocenters. The Morgan fingerprint density at radius 1 is 1.00 bits per heavy atom. The summed E-state index contributed by atoms with van der Waals surface area (Å²) in [5.41, 5.74) is 6.37. The van der Waals surface area contributed by atoms with Gasteiger partial charge in [-0.2, -0.15) is 0 Å². The zero-order valence-electron chi connectivity index (χ0n) is 15.8. The van der Waals surface area contributed by atoms with Gasteiger partial charge in [-0.1, -0.05) is 6.07 Å². The molecule has 2 aliphatic rings. The molecular weight excluding hydrogens is 338 g/mol. The van der Waals surface area contributed by atoms with Crippen LogP contribution >= 0.6 is 0 Å². The van der Waals surface area contributed by atoms with E-state index in [1.807, 2.05) is 18.2 Å². The maximum absolute atomic E-state index is 5.69. The third kappa shape index (κ3) is 2.82. The highest BCUT2D eigenvalue weighted by Gasteiger charge is 2.23. The number of anilines is 2. The molecule has 140 valence electrons. The van der Waals surface area contributed by atoms with Gasteiger partial charge in [0.1, 0.15) is 13.2 Å². The lowest BCUT2D eigenvalue weighted by atomic mass is 9.91. The Morgan fingerprint density at radius 3 is 2.63 bits per heavy atom. The highest BCUT2D eigenvalue weighted by atomic mass is 16.6. The fourth-order valence-corrected chi connectivity index (χ4v) is 4.39. The lowest BCUT2D eigenvalue weighted by molar-refractivity contribution is 0.171. The van der Waals surface area contributed by atoms with Crippen molar-refractivity contribution in [2.24, 2.45) is 7.05 Å². The first-order chi connectivity index (χ1) is 13.2. The lowest BCUT2D eigenvalue weighted by Crippen LogP contribution is -2.31. The van der Waals surface area contributed by atoms with E-state index in [9.17, 15) is 0 Å². The van der Waals surface area contributed by atoms with Gasteiger partial charge in [-0.05, 0) is 56.1 Å². The van der Waals surface area contributed by atoms with E-state index in [-0.39, 0.29) is 0 Å². The first kappa shape index (κ1) is 16.5. The quantitative estimate of drug-likeness (QED) is 0.744. The summed E-state index contributed by atoms with van der Waals surface area (Å²) in [4.78, 5) is 0. The molecular formula is C22H25N3O2. The molecule has 0 bridgehead atoms. The zero-order chi connectivity index (χ0) is 18.4. The summed E-state index contributed by atoms with van der Waals surface area (Å²) in [6.07, 6.45) is 3.45. The topological polar surface area (TPSA) is 47.4 Å². The highest BCUT2D eigenvalue weighted by molar-refractivity contribution is 5.89. The van der Waals surface area contributed by atoms with Crippen LogP contribution in [0.15, 0.2) is 36.4 Å². The van der Waals surface area contributed by atoms with Gasteiger partial charge in [-0.15, -0.1) is 0 Å². The molecule has 2 N–H and O–H groups in total. The van der Waals surface area contributed by atoms with E-state index in [1.165, 1.54) is 28.6 Å². The number of rotatable bonds is 3. The summed E-state index contributed by atoms with van der Waals surface area (Å²) in [6.45, 7) is 1.22. The first-order valence-corrected chi connectivity index (χ1v) is 9.67. The number of nitrogens with one attached hydrogen (secondary N) is 2. The maximum Gasteiger partial charge on any atom is 0.163 e. The number of nitrogens with zero attached hydrogens (tertiary/aromatic N) is 1. The van der Waals surface area contributed by atoms with Gasteiger partial charge in [0.2, 0.25) is 0 Å². The molecule has 5 nitrogen and oxygen atoms in total. The summed E-state index contributed by atoms with van der Waals surface area (Å²) < 4.78 is 13.7. The summed E-state index contributed by atoms with van der Waals surface area (Å²) >= 11 is 0.